The summed E-state index contributed by atoms with van der Waals surface area (Å²) in [5, 5.41) is 11.2. The summed E-state index contributed by atoms with van der Waals surface area (Å²) < 4.78 is 0. The summed E-state index contributed by atoms with van der Waals surface area (Å²) >= 11 is 11.3. The Bertz CT molecular complexity index is 550. The normalized spacial score (nSPS) is 11.7. The van der Waals surface area contributed by atoms with Gasteiger partial charge in [0, 0.05) is 6.42 Å². The second-order valence-electron chi connectivity index (χ2n) is 3.84. The van der Waals surface area contributed by atoms with Crippen LogP contribution in [0.4, 0.5) is 0 Å². The van der Waals surface area contributed by atoms with Crippen LogP contribution in [-0.4, -0.2) is 33.9 Å². The summed E-state index contributed by atoms with van der Waals surface area (Å²) in [6.45, 7) is 0. The highest BCUT2D eigenvalue weighted by molar-refractivity contribution is 6.34. The number of primary amides is 1. The van der Waals surface area contributed by atoms with Gasteiger partial charge in [-0.2, -0.15) is 0 Å². The summed E-state index contributed by atoms with van der Waals surface area (Å²) in [6.07, 6.45) is -0.279. The largest absolute Gasteiger partial charge is 0.480 e. The van der Waals surface area contributed by atoms with Crippen LogP contribution in [0, 0.1) is 0 Å². The molecular formula is C11H11Cl2N3O4. The third kappa shape index (κ3) is 4.67. The van der Waals surface area contributed by atoms with Gasteiger partial charge in [0.1, 0.15) is 16.3 Å². The molecule has 0 aliphatic carbocycles. The minimum atomic E-state index is -1.28. The number of nitrogens with zero attached hydrogens (tertiary/aromatic N) is 1. The first-order chi connectivity index (χ1) is 9.31. The lowest BCUT2D eigenvalue weighted by molar-refractivity contribution is -0.139. The second-order valence-corrected chi connectivity index (χ2v) is 4.59. The number of aromatic nitrogens is 1. The number of carboxylic acid groups (broad SMARTS) is 1. The van der Waals surface area contributed by atoms with E-state index in [1.54, 1.807) is 0 Å². The third-order valence-electron chi connectivity index (χ3n) is 2.34. The first-order valence-corrected chi connectivity index (χ1v) is 6.21. The maximum absolute atomic E-state index is 11.9. The zero-order chi connectivity index (χ0) is 15.3. The molecule has 1 rings (SSSR count). The molecule has 1 heterocycles. The highest BCUT2D eigenvalue weighted by Gasteiger charge is 2.22. The van der Waals surface area contributed by atoms with E-state index in [1.165, 1.54) is 12.1 Å². The van der Waals surface area contributed by atoms with Gasteiger partial charge >= 0.3 is 5.97 Å². The quantitative estimate of drug-likeness (QED) is 0.670. The number of rotatable bonds is 6. The number of nitrogens with one attached hydrogen (secondary N) is 1. The van der Waals surface area contributed by atoms with E-state index in [-0.39, 0.29) is 28.7 Å². The molecule has 1 atom stereocenters. The third-order valence-corrected chi connectivity index (χ3v) is 2.84. The molecule has 0 saturated carbocycles. The first-order valence-electron chi connectivity index (χ1n) is 5.45. The van der Waals surface area contributed by atoms with Crippen LogP contribution in [0.15, 0.2) is 12.1 Å². The molecular weight excluding hydrogens is 309 g/mol. The number of pyridine rings is 1. The van der Waals surface area contributed by atoms with Gasteiger partial charge in [-0.15, -0.1) is 0 Å². The van der Waals surface area contributed by atoms with Crippen molar-refractivity contribution in [3.05, 3.63) is 28.0 Å². The molecule has 1 aromatic heterocycles. The predicted octanol–water partition coefficient (Wildman–Crippen LogP) is 0.837. The molecule has 0 saturated heterocycles. The Morgan fingerprint density at radius 2 is 2.00 bits per heavy atom. The molecule has 108 valence electrons. The fraction of sp³-hybridized carbons (Fsp3) is 0.273. The molecule has 0 radical (unpaired) electrons. The van der Waals surface area contributed by atoms with Crippen molar-refractivity contribution in [2.24, 2.45) is 5.73 Å². The molecule has 0 fully saturated rings. The molecule has 0 unspecified atom stereocenters. The van der Waals surface area contributed by atoms with Crippen molar-refractivity contribution < 1.29 is 19.5 Å². The SMILES string of the molecule is NC(=O)CC[C@@H](NC(=O)c1ccc(Cl)nc1Cl)C(=O)O. The van der Waals surface area contributed by atoms with Gasteiger partial charge in [-0.05, 0) is 18.6 Å². The number of hydrogen-bond donors (Lipinski definition) is 3. The molecule has 7 nitrogen and oxygen atoms in total. The number of nitrogens with two attached hydrogens (primary N) is 1. The van der Waals surface area contributed by atoms with Crippen LogP contribution < -0.4 is 11.1 Å². The lowest BCUT2D eigenvalue weighted by Gasteiger charge is -2.14. The maximum Gasteiger partial charge on any atom is 0.326 e. The molecule has 0 aliphatic rings. The Balaban J connectivity index is 2.80. The van der Waals surface area contributed by atoms with Crippen LogP contribution in [0.3, 0.4) is 0 Å². The zero-order valence-corrected chi connectivity index (χ0v) is 11.6. The van der Waals surface area contributed by atoms with E-state index in [0.29, 0.717) is 0 Å². The molecule has 9 heteroatoms. The second kappa shape index (κ2) is 7.06. The molecule has 1 aromatic rings. The van der Waals surface area contributed by atoms with Crippen molar-refractivity contribution >= 4 is 41.0 Å². The Morgan fingerprint density at radius 1 is 1.35 bits per heavy atom. The molecule has 4 N–H and O–H groups in total. The van der Waals surface area contributed by atoms with Gasteiger partial charge in [0.15, 0.2) is 0 Å². The molecule has 0 aliphatic heterocycles. The summed E-state index contributed by atoms with van der Waals surface area (Å²) in [5.41, 5.74) is 4.92. The van der Waals surface area contributed by atoms with Crippen LogP contribution in [0.2, 0.25) is 10.3 Å². The lowest BCUT2D eigenvalue weighted by atomic mass is 10.1. The fourth-order valence-corrected chi connectivity index (χ4v) is 1.79. The number of halogens is 2. The standard InChI is InChI=1S/C11H11Cl2N3O4/c12-7-3-1-5(9(13)16-7)10(18)15-6(11(19)20)2-4-8(14)17/h1,3,6H,2,4H2,(H2,14,17)(H,15,18)(H,19,20)/t6-/m1/s1. The number of carbonyl (C=O) groups is 3. The average Bonchev–Trinajstić information content (AvgIpc) is 2.33. The van der Waals surface area contributed by atoms with Crippen LogP contribution in [-0.2, 0) is 9.59 Å². The molecule has 0 aromatic carbocycles. The van der Waals surface area contributed by atoms with Crippen molar-refractivity contribution in [1.29, 1.82) is 0 Å². The fourth-order valence-electron chi connectivity index (χ4n) is 1.36. The highest BCUT2D eigenvalue weighted by atomic mass is 35.5. The number of hydrogen-bond acceptors (Lipinski definition) is 4. The van der Waals surface area contributed by atoms with Crippen molar-refractivity contribution in [3.63, 3.8) is 0 Å². The molecule has 0 spiro atoms. The summed E-state index contributed by atoms with van der Waals surface area (Å²) in [4.78, 5) is 37.2. The van der Waals surface area contributed by atoms with Gasteiger partial charge in [0.25, 0.3) is 5.91 Å². The van der Waals surface area contributed by atoms with E-state index in [4.69, 9.17) is 34.0 Å². The van der Waals surface area contributed by atoms with Crippen molar-refractivity contribution in [3.8, 4) is 0 Å². The summed E-state index contributed by atoms with van der Waals surface area (Å²) in [6, 6.07) is 1.42. The van der Waals surface area contributed by atoms with Gasteiger partial charge in [-0.25, -0.2) is 9.78 Å². The predicted molar refractivity (Wildman–Crippen MR) is 71.6 cm³/mol. The minimum Gasteiger partial charge on any atom is -0.480 e. The molecule has 0 bridgehead atoms. The van der Waals surface area contributed by atoms with Crippen LogP contribution >= 0.6 is 23.2 Å². The number of amides is 2. The van der Waals surface area contributed by atoms with E-state index in [0.717, 1.165) is 0 Å². The van der Waals surface area contributed by atoms with Crippen LogP contribution in [0.25, 0.3) is 0 Å². The van der Waals surface area contributed by atoms with Crippen molar-refractivity contribution in [2.45, 2.75) is 18.9 Å². The summed E-state index contributed by atoms with van der Waals surface area (Å²) in [5.74, 6) is -2.66. The highest BCUT2D eigenvalue weighted by Crippen LogP contribution is 2.16. The minimum absolute atomic E-state index is 0.0126. The Hall–Kier alpha value is -1.86. The number of carbonyl (C=O) groups excluding carboxylic acids is 2. The van der Waals surface area contributed by atoms with Crippen LogP contribution in [0.1, 0.15) is 23.2 Å². The van der Waals surface area contributed by atoms with Crippen molar-refractivity contribution in [2.75, 3.05) is 0 Å². The van der Waals surface area contributed by atoms with Gasteiger partial charge in [0.05, 0.1) is 5.56 Å². The Labute approximate surface area is 124 Å². The van der Waals surface area contributed by atoms with Crippen molar-refractivity contribution in [1.82, 2.24) is 10.3 Å². The topological polar surface area (TPSA) is 122 Å². The Kier molecular flexibility index (Phi) is 5.72. The van der Waals surface area contributed by atoms with Gasteiger partial charge < -0.3 is 16.2 Å². The number of carboxylic acids is 1. The summed E-state index contributed by atoms with van der Waals surface area (Å²) in [7, 11) is 0. The van der Waals surface area contributed by atoms with Gasteiger partial charge in [0.2, 0.25) is 5.91 Å². The first kappa shape index (κ1) is 16.2. The number of aliphatic carboxylic acids is 1. The van der Waals surface area contributed by atoms with Crippen LogP contribution in [0.5, 0.6) is 0 Å². The van der Waals surface area contributed by atoms with Gasteiger partial charge in [-0.1, -0.05) is 23.2 Å². The van der Waals surface area contributed by atoms with E-state index in [1.807, 2.05) is 0 Å². The molecule has 2 amide bonds. The van der Waals surface area contributed by atoms with E-state index >= 15 is 0 Å². The lowest BCUT2D eigenvalue weighted by Crippen LogP contribution is -2.41. The van der Waals surface area contributed by atoms with E-state index in [2.05, 4.69) is 10.3 Å². The van der Waals surface area contributed by atoms with E-state index in [9.17, 15) is 14.4 Å². The van der Waals surface area contributed by atoms with E-state index < -0.39 is 23.8 Å². The maximum atomic E-state index is 11.9. The monoisotopic (exact) mass is 319 g/mol. The molecule has 20 heavy (non-hydrogen) atoms. The average molecular weight is 320 g/mol. The Morgan fingerprint density at radius 3 is 2.50 bits per heavy atom. The van der Waals surface area contributed by atoms with Gasteiger partial charge in [-0.3, -0.25) is 9.59 Å². The smallest absolute Gasteiger partial charge is 0.326 e. The zero-order valence-electron chi connectivity index (χ0n) is 10.1.